The van der Waals surface area contributed by atoms with Gasteiger partial charge in [-0.25, -0.2) is 9.59 Å². The number of carbonyl (C=O) groups is 3. The monoisotopic (exact) mass is 556 g/mol. The quantitative estimate of drug-likeness (QED) is 0.218. The summed E-state index contributed by atoms with van der Waals surface area (Å²) in [5, 5.41) is 12.2. The Morgan fingerprint density at radius 3 is 2.37 bits per heavy atom. The molecule has 0 aromatic heterocycles. The Balaban J connectivity index is 1.25. The molecule has 0 radical (unpaired) electrons. The average molecular weight is 557 g/mol. The van der Waals surface area contributed by atoms with Crippen LogP contribution in [-0.4, -0.2) is 54.1 Å². The summed E-state index contributed by atoms with van der Waals surface area (Å²) in [7, 11) is 2.03. The summed E-state index contributed by atoms with van der Waals surface area (Å²) in [5.41, 5.74) is 4.11. The molecule has 1 saturated heterocycles. The molecule has 9 nitrogen and oxygen atoms in total. The third-order valence-electron chi connectivity index (χ3n) is 7.18. The lowest BCUT2D eigenvalue weighted by molar-refractivity contribution is -0.252. The summed E-state index contributed by atoms with van der Waals surface area (Å²) in [6.07, 6.45) is 1.72. The minimum atomic E-state index is -0.749. The first-order chi connectivity index (χ1) is 19.8. The van der Waals surface area contributed by atoms with Crippen molar-refractivity contribution >= 4 is 17.8 Å². The molecule has 2 heterocycles. The number of rotatable bonds is 10. The van der Waals surface area contributed by atoms with E-state index in [9.17, 15) is 19.5 Å². The Morgan fingerprint density at radius 1 is 0.976 bits per heavy atom. The molecule has 1 fully saturated rings. The van der Waals surface area contributed by atoms with Crippen LogP contribution in [0.2, 0.25) is 0 Å². The van der Waals surface area contributed by atoms with Gasteiger partial charge in [-0.15, -0.1) is 6.58 Å². The van der Waals surface area contributed by atoms with Gasteiger partial charge in [0.1, 0.15) is 0 Å². The van der Waals surface area contributed by atoms with Gasteiger partial charge in [-0.1, -0.05) is 54.6 Å². The molecule has 3 atom stereocenters. The lowest BCUT2D eigenvalue weighted by Gasteiger charge is -2.37. The van der Waals surface area contributed by atoms with Crippen LogP contribution in [0.4, 0.5) is 0 Å². The van der Waals surface area contributed by atoms with Crippen LogP contribution in [0.25, 0.3) is 0 Å². The van der Waals surface area contributed by atoms with Crippen LogP contribution in [0.5, 0.6) is 0 Å². The molecular weight excluding hydrogens is 524 g/mol. The molecule has 0 saturated carbocycles. The van der Waals surface area contributed by atoms with Crippen molar-refractivity contribution in [1.82, 2.24) is 10.2 Å². The van der Waals surface area contributed by atoms with Gasteiger partial charge in [0, 0.05) is 37.2 Å². The second-order valence-corrected chi connectivity index (χ2v) is 10.2. The van der Waals surface area contributed by atoms with Crippen LogP contribution in [-0.2, 0) is 27.4 Å². The molecule has 0 spiro atoms. The minimum Gasteiger partial charge on any atom is -0.392 e. The van der Waals surface area contributed by atoms with Crippen molar-refractivity contribution in [3.63, 3.8) is 0 Å². The summed E-state index contributed by atoms with van der Waals surface area (Å²) in [4.78, 5) is 38.3. The first-order valence-electron chi connectivity index (χ1n) is 13.4. The summed E-state index contributed by atoms with van der Waals surface area (Å²) >= 11 is 0. The predicted molar refractivity (Wildman–Crippen MR) is 150 cm³/mol. The second-order valence-electron chi connectivity index (χ2n) is 10.2. The first kappa shape index (κ1) is 28.4. The van der Waals surface area contributed by atoms with Crippen molar-refractivity contribution in [3.05, 3.63) is 118 Å². The van der Waals surface area contributed by atoms with Gasteiger partial charge in [0.25, 0.3) is 5.91 Å². The third-order valence-corrected chi connectivity index (χ3v) is 7.18. The normalized spacial score (nSPS) is 20.0. The fraction of sp³-hybridized carbons (Fsp3) is 0.281. The Hall–Kier alpha value is -4.15. The molecule has 3 aromatic rings. The van der Waals surface area contributed by atoms with E-state index >= 15 is 0 Å². The van der Waals surface area contributed by atoms with Crippen molar-refractivity contribution < 1.29 is 33.7 Å². The molecule has 2 aliphatic rings. The highest BCUT2D eigenvalue weighted by Gasteiger charge is 2.33. The fourth-order valence-corrected chi connectivity index (χ4v) is 4.98. The number of amides is 1. The van der Waals surface area contributed by atoms with E-state index in [0.717, 1.165) is 35.3 Å². The summed E-state index contributed by atoms with van der Waals surface area (Å²) in [5.74, 6) is -1.82. The number of cyclic esters (lactones) is 2. The molecule has 41 heavy (non-hydrogen) atoms. The fourth-order valence-electron chi connectivity index (χ4n) is 4.98. The van der Waals surface area contributed by atoms with Crippen LogP contribution < -0.4 is 5.32 Å². The molecule has 2 aliphatic heterocycles. The zero-order valence-corrected chi connectivity index (χ0v) is 22.7. The van der Waals surface area contributed by atoms with Gasteiger partial charge in [0.05, 0.1) is 29.9 Å². The number of nitrogens with one attached hydrogen (secondary N) is 1. The highest BCUT2D eigenvalue weighted by Crippen LogP contribution is 2.38. The van der Waals surface area contributed by atoms with Crippen LogP contribution in [0.1, 0.15) is 72.1 Å². The number of benzene rings is 3. The molecule has 1 amide bonds. The molecule has 3 unspecified atom stereocenters. The Morgan fingerprint density at radius 2 is 1.66 bits per heavy atom. The van der Waals surface area contributed by atoms with Crippen LogP contribution in [0.15, 0.2) is 79.4 Å². The van der Waals surface area contributed by atoms with E-state index < -0.39 is 18.2 Å². The van der Waals surface area contributed by atoms with Gasteiger partial charge in [-0.2, -0.15) is 0 Å². The number of likely N-dealkylation sites (N-methyl/N-ethyl adjacent to an activating group) is 1. The smallest absolute Gasteiger partial charge is 0.346 e. The van der Waals surface area contributed by atoms with Gasteiger partial charge < -0.3 is 29.5 Å². The summed E-state index contributed by atoms with van der Waals surface area (Å²) in [6, 6.07) is 19.7. The summed E-state index contributed by atoms with van der Waals surface area (Å²) in [6.45, 7) is 5.54. The van der Waals surface area contributed by atoms with Crippen molar-refractivity contribution in [3.8, 4) is 0 Å². The Bertz CT molecular complexity index is 1440. The number of aliphatic hydroxyl groups excluding tert-OH is 1. The topological polar surface area (TPSA) is 114 Å². The Labute approximate surface area is 238 Å². The number of ether oxygens (including phenoxy) is 3. The highest BCUT2D eigenvalue weighted by atomic mass is 16.7. The predicted octanol–water partition coefficient (Wildman–Crippen LogP) is 4.08. The number of nitrogens with zero attached hydrogens (tertiary/aromatic N) is 1. The summed E-state index contributed by atoms with van der Waals surface area (Å²) < 4.78 is 17.4. The van der Waals surface area contributed by atoms with Crippen molar-refractivity contribution in [2.45, 2.75) is 38.1 Å². The van der Waals surface area contributed by atoms with E-state index in [4.69, 9.17) is 9.47 Å². The SMILES string of the molecule is C=CCN(C)CC1CC(c2ccc(CO)cc2)OC(c2ccc(CNC(=O)c3ccc4c(c3)C(=O)OC4=O)cc2)O1. The highest BCUT2D eigenvalue weighted by molar-refractivity contribution is 6.15. The van der Waals surface area contributed by atoms with Crippen molar-refractivity contribution in [1.29, 1.82) is 0 Å². The van der Waals surface area contributed by atoms with Gasteiger partial charge in [0.2, 0.25) is 0 Å². The molecule has 0 aliphatic carbocycles. The second kappa shape index (κ2) is 12.6. The number of hydrogen-bond acceptors (Lipinski definition) is 8. The van der Waals surface area contributed by atoms with E-state index in [2.05, 4.69) is 21.5 Å². The standard InChI is InChI=1S/C32H32N2O7/c1-3-14-34(2)18-25-16-28(22-8-6-21(19-35)7-9-22)40-32(39-25)23-10-4-20(5-11-23)17-33-29(36)24-12-13-26-27(15-24)31(38)41-30(26)37/h3-13,15,25,28,32,35H,1,14,16-19H2,2H3,(H,33,36). The maximum Gasteiger partial charge on any atom is 0.346 e. The van der Waals surface area contributed by atoms with Gasteiger partial charge in [0.15, 0.2) is 6.29 Å². The lowest BCUT2D eigenvalue weighted by atomic mass is 9.99. The molecule has 9 heteroatoms. The molecule has 0 bridgehead atoms. The van der Waals surface area contributed by atoms with E-state index in [0.29, 0.717) is 6.42 Å². The van der Waals surface area contributed by atoms with E-state index in [1.165, 1.54) is 18.2 Å². The van der Waals surface area contributed by atoms with E-state index in [1.807, 2.05) is 61.7 Å². The first-order valence-corrected chi connectivity index (χ1v) is 13.4. The number of esters is 2. The van der Waals surface area contributed by atoms with E-state index in [-0.39, 0.29) is 48.0 Å². The third kappa shape index (κ3) is 6.61. The number of aliphatic hydroxyl groups is 1. The van der Waals surface area contributed by atoms with Crippen molar-refractivity contribution in [2.24, 2.45) is 0 Å². The zero-order chi connectivity index (χ0) is 28.9. The largest absolute Gasteiger partial charge is 0.392 e. The van der Waals surface area contributed by atoms with Crippen LogP contribution in [0.3, 0.4) is 0 Å². The molecule has 3 aromatic carbocycles. The van der Waals surface area contributed by atoms with Gasteiger partial charge in [-0.05, 0) is 41.9 Å². The van der Waals surface area contributed by atoms with Gasteiger partial charge >= 0.3 is 11.9 Å². The number of fused-ring (bicyclic) bond motifs is 1. The zero-order valence-electron chi connectivity index (χ0n) is 22.7. The number of carbonyl (C=O) groups excluding carboxylic acids is 3. The average Bonchev–Trinajstić information content (AvgIpc) is 3.28. The molecule has 2 N–H and O–H groups in total. The van der Waals surface area contributed by atoms with Gasteiger partial charge in [-0.3, -0.25) is 4.79 Å². The Kier molecular flexibility index (Phi) is 8.70. The number of hydrogen-bond donors (Lipinski definition) is 2. The minimum absolute atomic E-state index is 0.0116. The van der Waals surface area contributed by atoms with Crippen molar-refractivity contribution in [2.75, 3.05) is 20.1 Å². The molecule has 212 valence electrons. The van der Waals surface area contributed by atoms with Crippen LogP contribution in [0, 0.1) is 0 Å². The van der Waals surface area contributed by atoms with Crippen LogP contribution >= 0.6 is 0 Å². The molecule has 5 rings (SSSR count). The maximum absolute atomic E-state index is 12.7. The molecular formula is C32H32N2O7. The maximum atomic E-state index is 12.7. The lowest BCUT2D eigenvalue weighted by Crippen LogP contribution is -2.37. The van der Waals surface area contributed by atoms with E-state index in [1.54, 1.807) is 0 Å².